The Morgan fingerprint density at radius 2 is 1.69 bits per heavy atom. The topological polar surface area (TPSA) is 41.6 Å². The maximum Gasteiger partial charge on any atom is 0.262 e. The van der Waals surface area contributed by atoms with E-state index in [1.165, 1.54) is 12.1 Å². The van der Waals surface area contributed by atoms with E-state index in [2.05, 4.69) is 19.2 Å². The molecule has 1 aliphatic rings. The number of amides is 1. The number of nitrogens with zero attached hydrogens (tertiary/aromatic N) is 1. The van der Waals surface area contributed by atoms with Gasteiger partial charge in [-0.3, -0.25) is 9.69 Å². The predicted molar refractivity (Wildman–Crippen MR) is 113 cm³/mol. The van der Waals surface area contributed by atoms with Gasteiger partial charge < -0.3 is 10.1 Å². The molecule has 0 saturated heterocycles. The first-order chi connectivity index (χ1) is 14.0. The van der Waals surface area contributed by atoms with Crippen LogP contribution in [-0.2, 0) is 0 Å². The molecule has 0 radical (unpaired) electrons. The lowest BCUT2D eigenvalue weighted by Crippen LogP contribution is -2.43. The van der Waals surface area contributed by atoms with E-state index in [4.69, 9.17) is 4.74 Å². The van der Waals surface area contributed by atoms with Crippen LogP contribution < -0.4 is 15.0 Å². The number of ether oxygens (including phenoxy) is 1. The van der Waals surface area contributed by atoms with Crippen molar-refractivity contribution in [2.24, 2.45) is 5.92 Å². The van der Waals surface area contributed by atoms with Gasteiger partial charge in [-0.05, 0) is 60.0 Å². The lowest BCUT2D eigenvalue weighted by molar-refractivity contribution is 0.0975. The Kier molecular flexibility index (Phi) is 5.21. The van der Waals surface area contributed by atoms with Crippen LogP contribution in [0.5, 0.6) is 5.75 Å². The molecule has 5 heteroatoms. The van der Waals surface area contributed by atoms with Gasteiger partial charge in [-0.15, -0.1) is 0 Å². The lowest BCUT2D eigenvalue weighted by atomic mass is 10.0. The van der Waals surface area contributed by atoms with Crippen LogP contribution in [0.25, 0.3) is 0 Å². The molecule has 0 aliphatic carbocycles. The molecule has 1 amide bonds. The average Bonchev–Trinajstić information content (AvgIpc) is 2.73. The lowest BCUT2D eigenvalue weighted by Gasteiger charge is -2.38. The van der Waals surface area contributed by atoms with E-state index < -0.39 is 6.17 Å². The Morgan fingerprint density at radius 1 is 1.00 bits per heavy atom. The zero-order chi connectivity index (χ0) is 20.4. The molecular weight excluding hydrogens is 367 g/mol. The largest absolute Gasteiger partial charge is 0.493 e. The first kappa shape index (κ1) is 19.0. The second-order valence-electron chi connectivity index (χ2n) is 7.52. The summed E-state index contributed by atoms with van der Waals surface area (Å²) in [6.07, 6.45) is -0.415. The second kappa shape index (κ2) is 7.95. The van der Waals surface area contributed by atoms with E-state index >= 15 is 0 Å². The number of hydrogen-bond donors (Lipinski definition) is 1. The molecular formula is C24H23FN2O2. The number of hydrogen-bond acceptors (Lipinski definition) is 3. The third kappa shape index (κ3) is 3.94. The molecule has 0 bridgehead atoms. The molecule has 3 aromatic carbocycles. The van der Waals surface area contributed by atoms with Gasteiger partial charge >= 0.3 is 0 Å². The normalized spacial score (nSPS) is 15.8. The Balaban J connectivity index is 1.71. The molecule has 4 nitrogen and oxygen atoms in total. The molecule has 148 valence electrons. The summed E-state index contributed by atoms with van der Waals surface area (Å²) in [5.74, 6) is 0.766. The van der Waals surface area contributed by atoms with Gasteiger partial charge in [-0.1, -0.05) is 38.1 Å². The number of halogens is 1. The minimum atomic E-state index is -0.415. The highest BCUT2D eigenvalue weighted by Crippen LogP contribution is 2.37. The van der Waals surface area contributed by atoms with E-state index in [9.17, 15) is 9.18 Å². The summed E-state index contributed by atoms with van der Waals surface area (Å²) in [4.78, 5) is 15.0. The van der Waals surface area contributed by atoms with Crippen molar-refractivity contribution < 1.29 is 13.9 Å². The summed E-state index contributed by atoms with van der Waals surface area (Å²) in [5, 5.41) is 3.45. The SMILES string of the molecule is CC(C)COc1ccc([C@@H]2Nc3ccccc3C(=O)N2c2ccc(F)cc2)cc1. The summed E-state index contributed by atoms with van der Waals surface area (Å²) in [6, 6.07) is 21.1. The predicted octanol–water partition coefficient (Wildman–Crippen LogP) is 5.63. The number of anilines is 2. The Morgan fingerprint density at radius 3 is 2.38 bits per heavy atom. The molecule has 0 unspecified atom stereocenters. The smallest absolute Gasteiger partial charge is 0.262 e. The Hall–Kier alpha value is -3.34. The monoisotopic (exact) mass is 390 g/mol. The Labute approximate surface area is 169 Å². The van der Waals surface area contributed by atoms with Crippen molar-refractivity contribution >= 4 is 17.3 Å². The van der Waals surface area contributed by atoms with Crippen molar-refractivity contribution in [3.63, 3.8) is 0 Å². The van der Waals surface area contributed by atoms with Crippen LogP contribution in [0, 0.1) is 11.7 Å². The van der Waals surface area contributed by atoms with Gasteiger partial charge in [0.05, 0.1) is 12.2 Å². The molecule has 1 N–H and O–H groups in total. The fraction of sp³-hybridized carbons (Fsp3) is 0.208. The number of para-hydroxylation sites is 1. The standard InChI is InChI=1S/C24H23FN2O2/c1-16(2)15-29-20-13-7-17(8-14-20)23-26-22-6-4-3-5-21(22)24(28)27(23)19-11-9-18(25)10-12-19/h3-14,16,23,26H,15H2,1-2H3/t23-/m1/s1. The van der Waals surface area contributed by atoms with Gasteiger partial charge in [0.15, 0.2) is 0 Å². The van der Waals surface area contributed by atoms with E-state index in [1.54, 1.807) is 23.1 Å². The number of nitrogens with one attached hydrogen (secondary N) is 1. The molecule has 0 saturated carbocycles. The molecule has 3 aromatic rings. The van der Waals surface area contributed by atoms with Crippen molar-refractivity contribution in [2.75, 3.05) is 16.8 Å². The molecule has 0 aromatic heterocycles. The van der Waals surface area contributed by atoms with Gasteiger partial charge in [0.1, 0.15) is 17.7 Å². The van der Waals surface area contributed by atoms with Crippen molar-refractivity contribution in [2.45, 2.75) is 20.0 Å². The number of fused-ring (bicyclic) bond motifs is 1. The summed E-state index contributed by atoms with van der Waals surface area (Å²) in [6.45, 7) is 4.85. The van der Waals surface area contributed by atoms with Crippen molar-refractivity contribution in [1.82, 2.24) is 0 Å². The molecule has 1 aliphatic heterocycles. The molecule has 0 fully saturated rings. The van der Waals surface area contributed by atoms with Gasteiger partial charge in [0, 0.05) is 11.4 Å². The second-order valence-corrected chi connectivity index (χ2v) is 7.52. The van der Waals surface area contributed by atoms with Crippen LogP contribution >= 0.6 is 0 Å². The van der Waals surface area contributed by atoms with Gasteiger partial charge in [0.2, 0.25) is 0 Å². The van der Waals surface area contributed by atoms with Crippen molar-refractivity contribution in [1.29, 1.82) is 0 Å². The van der Waals surface area contributed by atoms with Crippen LogP contribution in [-0.4, -0.2) is 12.5 Å². The minimum Gasteiger partial charge on any atom is -0.493 e. The van der Waals surface area contributed by atoms with Crippen LogP contribution in [0.1, 0.15) is 35.9 Å². The quantitative estimate of drug-likeness (QED) is 0.614. The molecule has 4 rings (SSSR count). The molecule has 29 heavy (non-hydrogen) atoms. The third-order valence-corrected chi connectivity index (χ3v) is 4.81. The van der Waals surface area contributed by atoms with E-state index in [-0.39, 0.29) is 11.7 Å². The maximum absolute atomic E-state index is 13.5. The van der Waals surface area contributed by atoms with Gasteiger partial charge in [-0.25, -0.2) is 4.39 Å². The number of rotatable bonds is 5. The van der Waals surface area contributed by atoms with E-state index in [0.717, 1.165) is 17.0 Å². The fourth-order valence-corrected chi connectivity index (χ4v) is 3.36. The summed E-state index contributed by atoms with van der Waals surface area (Å²) in [7, 11) is 0. The maximum atomic E-state index is 13.5. The summed E-state index contributed by atoms with van der Waals surface area (Å²) < 4.78 is 19.2. The fourth-order valence-electron chi connectivity index (χ4n) is 3.36. The highest BCUT2D eigenvalue weighted by Gasteiger charge is 2.33. The van der Waals surface area contributed by atoms with E-state index in [1.807, 2.05) is 42.5 Å². The zero-order valence-electron chi connectivity index (χ0n) is 16.4. The van der Waals surface area contributed by atoms with Crippen LogP contribution in [0.2, 0.25) is 0 Å². The number of benzene rings is 3. The third-order valence-electron chi connectivity index (χ3n) is 4.81. The van der Waals surface area contributed by atoms with Crippen molar-refractivity contribution in [3.05, 3.63) is 89.7 Å². The van der Waals surface area contributed by atoms with E-state index in [0.29, 0.717) is 23.8 Å². The van der Waals surface area contributed by atoms with Crippen molar-refractivity contribution in [3.8, 4) is 5.75 Å². The Bertz CT molecular complexity index is 1000. The van der Waals surface area contributed by atoms with Crippen LogP contribution in [0.4, 0.5) is 15.8 Å². The summed E-state index contributed by atoms with van der Waals surface area (Å²) >= 11 is 0. The molecule has 1 atom stereocenters. The number of carbonyl (C=O) groups excluding carboxylic acids is 1. The van der Waals surface area contributed by atoms with Gasteiger partial charge in [-0.2, -0.15) is 0 Å². The first-order valence-corrected chi connectivity index (χ1v) is 9.70. The minimum absolute atomic E-state index is 0.129. The van der Waals surface area contributed by atoms with Gasteiger partial charge in [0.25, 0.3) is 5.91 Å². The van der Waals surface area contributed by atoms with Crippen LogP contribution in [0.3, 0.4) is 0 Å². The van der Waals surface area contributed by atoms with Crippen LogP contribution in [0.15, 0.2) is 72.8 Å². The zero-order valence-corrected chi connectivity index (χ0v) is 16.4. The average molecular weight is 390 g/mol. The summed E-state index contributed by atoms with van der Waals surface area (Å²) in [5.41, 5.74) is 2.91. The first-order valence-electron chi connectivity index (χ1n) is 9.70. The molecule has 0 spiro atoms. The number of carbonyl (C=O) groups is 1. The highest BCUT2D eigenvalue weighted by molar-refractivity contribution is 6.12. The molecule has 1 heterocycles. The highest BCUT2D eigenvalue weighted by atomic mass is 19.1.